The van der Waals surface area contributed by atoms with Gasteiger partial charge < -0.3 is 0 Å². The third-order valence-electron chi connectivity index (χ3n) is 2.49. The first-order valence-electron chi connectivity index (χ1n) is 4.24. The van der Waals surface area contributed by atoms with Gasteiger partial charge in [0.15, 0.2) is 0 Å². The van der Waals surface area contributed by atoms with Gasteiger partial charge in [0, 0.05) is 33.3 Å². The second-order valence-electron chi connectivity index (χ2n) is 3.67. The SMILES string of the molecule is CC(C)C1CC[C@H](C)N1SI. The van der Waals surface area contributed by atoms with Crippen molar-refractivity contribution in [3.63, 3.8) is 0 Å². The largest absolute Gasteiger partial charge is 0.236 e. The topological polar surface area (TPSA) is 3.24 Å². The zero-order valence-corrected chi connectivity index (χ0v) is 10.4. The number of halogens is 1. The van der Waals surface area contributed by atoms with Crippen LogP contribution >= 0.6 is 30.3 Å². The zero-order chi connectivity index (χ0) is 8.43. The van der Waals surface area contributed by atoms with Crippen molar-refractivity contribution in [1.82, 2.24) is 4.31 Å². The van der Waals surface area contributed by atoms with E-state index in [2.05, 4.69) is 46.3 Å². The molecule has 0 radical (unpaired) electrons. The predicted molar refractivity (Wildman–Crippen MR) is 60.8 cm³/mol. The number of hydrogen-bond donors (Lipinski definition) is 0. The molecule has 0 spiro atoms. The van der Waals surface area contributed by atoms with Crippen molar-refractivity contribution in [3.8, 4) is 0 Å². The first kappa shape index (κ1) is 10.1. The van der Waals surface area contributed by atoms with Crippen molar-refractivity contribution in [2.24, 2.45) is 5.92 Å². The maximum Gasteiger partial charge on any atom is 0.0236 e. The van der Waals surface area contributed by atoms with E-state index in [0.717, 1.165) is 18.0 Å². The van der Waals surface area contributed by atoms with Gasteiger partial charge in [-0.2, -0.15) is 0 Å². The van der Waals surface area contributed by atoms with Crippen molar-refractivity contribution in [1.29, 1.82) is 0 Å². The molecule has 1 aliphatic heterocycles. The second kappa shape index (κ2) is 4.33. The quantitative estimate of drug-likeness (QED) is 0.564. The fourth-order valence-corrected chi connectivity index (χ4v) is 4.47. The van der Waals surface area contributed by atoms with Gasteiger partial charge in [-0.1, -0.05) is 13.8 Å². The van der Waals surface area contributed by atoms with Gasteiger partial charge in [0.2, 0.25) is 0 Å². The van der Waals surface area contributed by atoms with Crippen LogP contribution in [0.2, 0.25) is 0 Å². The molecule has 0 aliphatic carbocycles. The van der Waals surface area contributed by atoms with Crippen molar-refractivity contribution in [3.05, 3.63) is 0 Å². The Bertz CT molecular complexity index is 129. The highest BCUT2D eigenvalue weighted by Gasteiger charge is 2.32. The Morgan fingerprint density at radius 1 is 1.45 bits per heavy atom. The van der Waals surface area contributed by atoms with Crippen LogP contribution in [0.4, 0.5) is 0 Å². The molecule has 0 bridgehead atoms. The lowest BCUT2D eigenvalue weighted by atomic mass is 10.0. The first-order valence-corrected chi connectivity index (χ1v) is 7.55. The summed E-state index contributed by atoms with van der Waals surface area (Å²) in [7, 11) is 1.88. The van der Waals surface area contributed by atoms with E-state index in [4.69, 9.17) is 0 Å². The molecule has 11 heavy (non-hydrogen) atoms. The minimum absolute atomic E-state index is 0.782. The second-order valence-corrected chi connectivity index (χ2v) is 5.41. The molecule has 0 aromatic rings. The molecule has 1 fully saturated rings. The molecule has 0 aromatic heterocycles. The smallest absolute Gasteiger partial charge is 0.0236 e. The molecule has 1 saturated heterocycles. The van der Waals surface area contributed by atoms with E-state index in [1.807, 2.05) is 9.12 Å². The van der Waals surface area contributed by atoms with Crippen molar-refractivity contribution >= 4 is 30.3 Å². The minimum atomic E-state index is 0.782. The molecule has 1 aliphatic rings. The zero-order valence-electron chi connectivity index (χ0n) is 7.38. The van der Waals surface area contributed by atoms with Gasteiger partial charge in [0.05, 0.1) is 0 Å². The Labute approximate surface area is 86.0 Å². The van der Waals surface area contributed by atoms with Crippen LogP contribution in [0.1, 0.15) is 33.6 Å². The Balaban J connectivity index is 2.54. The van der Waals surface area contributed by atoms with Gasteiger partial charge in [0.1, 0.15) is 0 Å². The number of nitrogens with zero attached hydrogens (tertiary/aromatic N) is 1. The van der Waals surface area contributed by atoms with Crippen LogP contribution in [0, 0.1) is 5.92 Å². The average Bonchev–Trinajstić information content (AvgIpc) is 2.30. The molecule has 0 N–H and O–H groups in total. The summed E-state index contributed by atoms with van der Waals surface area (Å²) in [5.74, 6) is 0.808. The summed E-state index contributed by atoms with van der Waals surface area (Å²) >= 11 is 2.40. The van der Waals surface area contributed by atoms with E-state index in [9.17, 15) is 0 Å². The third-order valence-corrected chi connectivity index (χ3v) is 4.65. The van der Waals surface area contributed by atoms with E-state index in [-0.39, 0.29) is 0 Å². The normalized spacial score (nSPS) is 33.5. The van der Waals surface area contributed by atoms with Crippen molar-refractivity contribution < 1.29 is 0 Å². The molecule has 0 saturated carbocycles. The summed E-state index contributed by atoms with van der Waals surface area (Å²) in [6, 6.07) is 1.59. The standard InChI is InChI=1S/C8H16INS/c1-6(2)8-5-4-7(3)10(8)11-9/h6-8H,4-5H2,1-3H3/t7-,8?/m0/s1. The molecule has 0 amide bonds. The summed E-state index contributed by atoms with van der Waals surface area (Å²) < 4.78 is 2.55. The van der Waals surface area contributed by atoms with Crippen LogP contribution in [0.3, 0.4) is 0 Å². The molecule has 66 valence electrons. The van der Waals surface area contributed by atoms with Crippen LogP contribution in [0.5, 0.6) is 0 Å². The maximum atomic E-state index is 2.55. The monoisotopic (exact) mass is 285 g/mol. The highest BCUT2D eigenvalue weighted by Crippen LogP contribution is 2.37. The fraction of sp³-hybridized carbons (Fsp3) is 1.00. The minimum Gasteiger partial charge on any atom is -0.236 e. The highest BCUT2D eigenvalue weighted by molar-refractivity contribution is 14.2. The van der Waals surface area contributed by atoms with Crippen molar-refractivity contribution in [2.45, 2.75) is 45.7 Å². The maximum absolute atomic E-state index is 2.55. The molecule has 1 heterocycles. The summed E-state index contributed by atoms with van der Waals surface area (Å²) in [5, 5.41) is 0. The lowest BCUT2D eigenvalue weighted by Crippen LogP contribution is -2.30. The highest BCUT2D eigenvalue weighted by atomic mass is 127. The van der Waals surface area contributed by atoms with Gasteiger partial charge in [0.25, 0.3) is 0 Å². The summed E-state index contributed by atoms with van der Waals surface area (Å²) in [6.45, 7) is 6.97. The molecule has 3 heteroatoms. The van der Waals surface area contributed by atoms with Gasteiger partial charge in [-0.15, -0.1) is 0 Å². The van der Waals surface area contributed by atoms with Crippen LogP contribution in [0.25, 0.3) is 0 Å². The summed E-state index contributed by atoms with van der Waals surface area (Å²) in [6.07, 6.45) is 2.76. The Hall–Kier alpha value is 1.04. The first-order chi connectivity index (χ1) is 5.16. The van der Waals surface area contributed by atoms with E-state index >= 15 is 0 Å². The summed E-state index contributed by atoms with van der Waals surface area (Å²) in [5.41, 5.74) is 0. The number of hydrogen-bond acceptors (Lipinski definition) is 2. The van der Waals surface area contributed by atoms with Crippen LogP contribution in [-0.4, -0.2) is 16.4 Å². The molecule has 2 atom stereocenters. The molecule has 1 rings (SSSR count). The van der Waals surface area contributed by atoms with Gasteiger partial charge >= 0.3 is 0 Å². The third kappa shape index (κ3) is 2.25. The molecule has 0 aromatic carbocycles. The van der Waals surface area contributed by atoms with Crippen LogP contribution in [-0.2, 0) is 0 Å². The molecule has 1 unspecified atom stereocenters. The van der Waals surface area contributed by atoms with E-state index in [1.165, 1.54) is 12.8 Å². The van der Waals surface area contributed by atoms with Crippen LogP contribution < -0.4 is 0 Å². The van der Waals surface area contributed by atoms with Gasteiger partial charge in [-0.05, 0) is 34.8 Å². The Kier molecular flexibility index (Phi) is 3.98. The van der Waals surface area contributed by atoms with E-state index in [1.54, 1.807) is 0 Å². The molecule has 1 nitrogen and oxygen atoms in total. The number of rotatable bonds is 2. The van der Waals surface area contributed by atoms with Crippen LogP contribution in [0.15, 0.2) is 0 Å². The Morgan fingerprint density at radius 2 is 2.09 bits per heavy atom. The molecular formula is C8H16INS. The lowest BCUT2D eigenvalue weighted by molar-refractivity contribution is 0.308. The predicted octanol–water partition coefficient (Wildman–Crippen LogP) is 3.49. The van der Waals surface area contributed by atoms with Gasteiger partial charge in [-0.25, -0.2) is 4.31 Å². The Morgan fingerprint density at radius 3 is 2.45 bits per heavy atom. The molecular weight excluding hydrogens is 269 g/mol. The van der Waals surface area contributed by atoms with Crippen molar-refractivity contribution in [2.75, 3.05) is 0 Å². The average molecular weight is 285 g/mol. The van der Waals surface area contributed by atoms with E-state index < -0.39 is 0 Å². The summed E-state index contributed by atoms with van der Waals surface area (Å²) in [4.78, 5) is 0. The fourth-order valence-electron chi connectivity index (χ4n) is 1.74. The lowest BCUT2D eigenvalue weighted by Gasteiger charge is -2.26. The van der Waals surface area contributed by atoms with Gasteiger partial charge in [-0.3, -0.25) is 0 Å². The van der Waals surface area contributed by atoms with E-state index in [0.29, 0.717) is 0 Å².